The minimum absolute atomic E-state index is 0.0270. The Labute approximate surface area is 184 Å². The summed E-state index contributed by atoms with van der Waals surface area (Å²) in [5, 5.41) is 0. The van der Waals surface area contributed by atoms with Crippen molar-refractivity contribution >= 4 is 22.9 Å². The normalized spacial score (nSPS) is 22.3. The van der Waals surface area contributed by atoms with Crippen LogP contribution in [0.4, 0.5) is 5.95 Å². The number of benzene rings is 2. The number of para-hydroxylation sites is 1. The van der Waals surface area contributed by atoms with Crippen molar-refractivity contribution in [3.05, 3.63) is 53.6 Å². The summed E-state index contributed by atoms with van der Waals surface area (Å²) in [6, 6.07) is 15.3. The van der Waals surface area contributed by atoms with Gasteiger partial charge in [-0.2, -0.15) is 0 Å². The van der Waals surface area contributed by atoms with E-state index in [1.807, 2.05) is 0 Å². The number of hydrogen-bond acceptors (Lipinski definition) is 3. The highest BCUT2D eigenvalue weighted by Gasteiger charge is 2.39. The van der Waals surface area contributed by atoms with Gasteiger partial charge in [0.2, 0.25) is 11.9 Å². The molecule has 162 valence electrons. The van der Waals surface area contributed by atoms with E-state index < -0.39 is 0 Å². The van der Waals surface area contributed by atoms with Gasteiger partial charge in [0, 0.05) is 24.2 Å². The molecule has 1 saturated heterocycles. The summed E-state index contributed by atoms with van der Waals surface area (Å²) in [4.78, 5) is 19.7. The van der Waals surface area contributed by atoms with Gasteiger partial charge in [-0.1, -0.05) is 31.0 Å². The van der Waals surface area contributed by atoms with Crippen molar-refractivity contribution in [1.29, 1.82) is 0 Å². The minimum atomic E-state index is -0.148. The summed E-state index contributed by atoms with van der Waals surface area (Å²) in [7, 11) is 0. The van der Waals surface area contributed by atoms with Gasteiger partial charge in [-0.3, -0.25) is 9.36 Å². The Morgan fingerprint density at radius 1 is 1.03 bits per heavy atom. The number of amides is 1. The van der Waals surface area contributed by atoms with Gasteiger partial charge >= 0.3 is 0 Å². The van der Waals surface area contributed by atoms with E-state index in [1.165, 1.54) is 36.8 Å². The van der Waals surface area contributed by atoms with Crippen molar-refractivity contribution in [2.45, 2.75) is 58.4 Å². The van der Waals surface area contributed by atoms with Crippen molar-refractivity contribution in [3.8, 4) is 5.69 Å². The zero-order chi connectivity index (χ0) is 21.5. The van der Waals surface area contributed by atoms with E-state index >= 15 is 0 Å². The number of anilines is 1. The molecule has 2 atom stereocenters. The maximum Gasteiger partial charge on any atom is 0.220 e. The molecule has 5 heteroatoms. The van der Waals surface area contributed by atoms with Crippen molar-refractivity contribution in [2.24, 2.45) is 17.6 Å². The maximum atomic E-state index is 12.0. The zero-order valence-electron chi connectivity index (χ0n) is 18.6. The van der Waals surface area contributed by atoms with Crippen molar-refractivity contribution in [2.75, 3.05) is 11.4 Å². The predicted molar refractivity (Wildman–Crippen MR) is 126 cm³/mol. The van der Waals surface area contributed by atoms with Crippen LogP contribution in [-0.4, -0.2) is 28.0 Å². The SMILES string of the molecule is Cc1cc2nc(N3CCC(C(N)=O)CC3C3CCCC3)n(-c3ccccc3)c2cc1C. The van der Waals surface area contributed by atoms with E-state index in [0.29, 0.717) is 12.0 Å². The summed E-state index contributed by atoms with van der Waals surface area (Å²) in [6.45, 7) is 5.13. The van der Waals surface area contributed by atoms with Gasteiger partial charge in [-0.15, -0.1) is 0 Å². The van der Waals surface area contributed by atoms with E-state index in [1.54, 1.807) is 0 Å². The molecule has 5 rings (SSSR count). The van der Waals surface area contributed by atoms with Gasteiger partial charge in [0.25, 0.3) is 0 Å². The molecule has 1 aliphatic carbocycles. The van der Waals surface area contributed by atoms with Gasteiger partial charge < -0.3 is 10.6 Å². The van der Waals surface area contributed by atoms with Gasteiger partial charge in [0.15, 0.2) is 0 Å². The molecule has 0 spiro atoms. The molecule has 2 aromatic carbocycles. The Hall–Kier alpha value is -2.82. The lowest BCUT2D eigenvalue weighted by Crippen LogP contribution is -2.49. The average Bonchev–Trinajstić information content (AvgIpc) is 3.42. The molecule has 1 aromatic heterocycles. The number of piperidine rings is 1. The largest absolute Gasteiger partial charge is 0.369 e. The fourth-order valence-corrected chi connectivity index (χ4v) is 5.64. The van der Waals surface area contributed by atoms with Crippen LogP contribution in [0.2, 0.25) is 0 Å². The number of imidazole rings is 1. The first kappa shape index (κ1) is 20.1. The molecule has 3 aromatic rings. The molecule has 0 bridgehead atoms. The summed E-state index contributed by atoms with van der Waals surface area (Å²) in [5.74, 6) is 1.44. The number of hydrogen-bond donors (Lipinski definition) is 1. The van der Waals surface area contributed by atoms with Crippen LogP contribution in [-0.2, 0) is 4.79 Å². The third-order valence-corrected chi connectivity index (χ3v) is 7.51. The lowest BCUT2D eigenvalue weighted by atomic mass is 9.83. The Balaban J connectivity index is 1.66. The number of carbonyl (C=O) groups excluding carboxylic acids is 1. The monoisotopic (exact) mass is 416 g/mol. The van der Waals surface area contributed by atoms with Gasteiger partial charge in [-0.25, -0.2) is 4.98 Å². The fraction of sp³-hybridized carbons (Fsp3) is 0.462. The summed E-state index contributed by atoms with van der Waals surface area (Å²) < 4.78 is 2.31. The van der Waals surface area contributed by atoms with Crippen molar-refractivity contribution in [3.63, 3.8) is 0 Å². The maximum absolute atomic E-state index is 12.0. The predicted octanol–water partition coefficient (Wildman–Crippen LogP) is 4.90. The van der Waals surface area contributed by atoms with Crippen molar-refractivity contribution < 1.29 is 4.79 Å². The lowest BCUT2D eigenvalue weighted by Gasteiger charge is -2.42. The molecule has 2 aliphatic rings. The number of aryl methyl sites for hydroxylation is 2. The first-order valence-electron chi connectivity index (χ1n) is 11.6. The third kappa shape index (κ3) is 3.60. The number of carbonyl (C=O) groups is 1. The minimum Gasteiger partial charge on any atom is -0.369 e. The molecule has 5 nitrogen and oxygen atoms in total. The number of nitrogens with zero attached hydrogens (tertiary/aromatic N) is 3. The van der Waals surface area contributed by atoms with Crippen LogP contribution < -0.4 is 10.6 Å². The molecule has 0 radical (unpaired) electrons. The van der Waals surface area contributed by atoms with Crippen LogP contribution in [0.3, 0.4) is 0 Å². The van der Waals surface area contributed by atoms with Gasteiger partial charge in [0.1, 0.15) is 0 Å². The second-order valence-corrected chi connectivity index (χ2v) is 9.44. The first-order valence-corrected chi connectivity index (χ1v) is 11.6. The molecule has 31 heavy (non-hydrogen) atoms. The van der Waals surface area contributed by atoms with Crippen LogP contribution in [0.25, 0.3) is 16.7 Å². The Morgan fingerprint density at radius 2 is 1.74 bits per heavy atom. The molecule has 1 saturated carbocycles. The van der Waals surface area contributed by atoms with Crippen LogP contribution in [0, 0.1) is 25.7 Å². The molecular formula is C26H32N4O. The Bertz CT molecular complexity index is 1100. The highest BCUT2D eigenvalue weighted by molar-refractivity contribution is 5.83. The number of aromatic nitrogens is 2. The second-order valence-electron chi connectivity index (χ2n) is 9.44. The Morgan fingerprint density at radius 3 is 2.45 bits per heavy atom. The number of fused-ring (bicyclic) bond motifs is 1. The fourth-order valence-electron chi connectivity index (χ4n) is 5.64. The number of nitrogens with two attached hydrogens (primary N) is 1. The molecule has 2 N–H and O–H groups in total. The molecule has 1 amide bonds. The quantitative estimate of drug-likeness (QED) is 0.658. The summed E-state index contributed by atoms with van der Waals surface area (Å²) >= 11 is 0. The van der Waals surface area contributed by atoms with Crippen LogP contribution in [0.1, 0.15) is 49.7 Å². The van der Waals surface area contributed by atoms with Crippen LogP contribution >= 0.6 is 0 Å². The number of rotatable bonds is 4. The van der Waals surface area contributed by atoms with Crippen molar-refractivity contribution in [1.82, 2.24) is 9.55 Å². The van der Waals surface area contributed by atoms with Crippen LogP contribution in [0.5, 0.6) is 0 Å². The lowest BCUT2D eigenvalue weighted by molar-refractivity contribution is -0.122. The van der Waals surface area contributed by atoms with E-state index in [-0.39, 0.29) is 11.8 Å². The zero-order valence-corrected chi connectivity index (χ0v) is 18.6. The van der Waals surface area contributed by atoms with E-state index in [2.05, 4.69) is 65.8 Å². The van der Waals surface area contributed by atoms with Gasteiger partial charge in [0.05, 0.1) is 11.0 Å². The Kier molecular flexibility index (Phi) is 5.20. The molecule has 1 aliphatic heterocycles. The van der Waals surface area contributed by atoms with E-state index in [4.69, 9.17) is 10.7 Å². The topological polar surface area (TPSA) is 64.2 Å². The molecule has 2 unspecified atom stereocenters. The van der Waals surface area contributed by atoms with Crippen LogP contribution in [0.15, 0.2) is 42.5 Å². The number of primary amides is 1. The molecule has 2 fully saturated rings. The molecule has 2 heterocycles. The highest BCUT2D eigenvalue weighted by Crippen LogP contribution is 2.40. The van der Waals surface area contributed by atoms with Gasteiger partial charge in [-0.05, 0) is 80.8 Å². The first-order chi connectivity index (χ1) is 15.0. The standard InChI is InChI=1S/C26H32N4O/c1-17-14-22-24(15-18(17)2)30(21-10-4-3-5-11-21)26(28-22)29-13-12-20(25(27)31)16-23(29)19-8-6-7-9-19/h3-5,10-11,14-15,19-20,23H,6-9,12-13,16H2,1-2H3,(H2,27,31). The average molecular weight is 417 g/mol. The smallest absolute Gasteiger partial charge is 0.220 e. The summed E-state index contributed by atoms with van der Waals surface area (Å²) in [5.41, 5.74) is 11.6. The molecular weight excluding hydrogens is 384 g/mol. The summed E-state index contributed by atoms with van der Waals surface area (Å²) in [6.07, 6.45) is 6.67. The highest BCUT2D eigenvalue weighted by atomic mass is 16.1. The van der Waals surface area contributed by atoms with E-state index in [9.17, 15) is 4.79 Å². The van der Waals surface area contributed by atoms with E-state index in [0.717, 1.165) is 42.1 Å². The second kappa shape index (κ2) is 8.03. The third-order valence-electron chi connectivity index (χ3n) is 7.51.